The molecule has 1 rings (SSSR count). The molecule has 5 heteroatoms. The van der Waals surface area contributed by atoms with Gasteiger partial charge in [-0.25, -0.2) is 0 Å². The summed E-state index contributed by atoms with van der Waals surface area (Å²) < 4.78 is 11.0. The maximum atomic E-state index is 11.5. The van der Waals surface area contributed by atoms with Crippen LogP contribution in [0.2, 0.25) is 0 Å². The highest BCUT2D eigenvalue weighted by Gasteiger charge is 2.32. The van der Waals surface area contributed by atoms with E-state index >= 15 is 0 Å². The molecule has 17 heavy (non-hydrogen) atoms. The van der Waals surface area contributed by atoms with Gasteiger partial charge in [-0.2, -0.15) is 0 Å². The molecule has 0 saturated carbocycles. The van der Waals surface area contributed by atoms with Crippen LogP contribution in [0.4, 0.5) is 0 Å². The average Bonchev–Trinajstić information content (AvgIpc) is 2.55. The van der Waals surface area contributed by atoms with Gasteiger partial charge in [-0.05, 0) is 40.9 Å². The van der Waals surface area contributed by atoms with E-state index in [2.05, 4.69) is 10.2 Å². The lowest BCUT2D eigenvalue weighted by molar-refractivity contribution is -0.139. The average molecular weight is 244 g/mol. The molecule has 1 N–H and O–H groups in total. The Kier molecular flexibility index (Phi) is 5.36. The van der Waals surface area contributed by atoms with E-state index in [1.54, 1.807) is 0 Å². The summed E-state index contributed by atoms with van der Waals surface area (Å²) in [6.07, 6.45) is 1.42. The number of carbonyl (C=O) groups excluding carboxylic acids is 1. The van der Waals surface area contributed by atoms with Gasteiger partial charge in [0.15, 0.2) is 5.79 Å². The van der Waals surface area contributed by atoms with E-state index in [4.69, 9.17) is 9.47 Å². The van der Waals surface area contributed by atoms with Crippen molar-refractivity contribution in [3.05, 3.63) is 0 Å². The molecule has 0 bridgehead atoms. The van der Waals surface area contributed by atoms with E-state index in [0.29, 0.717) is 19.6 Å². The van der Waals surface area contributed by atoms with Gasteiger partial charge in [0.25, 0.3) is 0 Å². The Morgan fingerprint density at radius 1 is 1.47 bits per heavy atom. The third kappa shape index (κ3) is 6.00. The Labute approximate surface area is 103 Å². The van der Waals surface area contributed by atoms with E-state index in [0.717, 1.165) is 13.0 Å². The van der Waals surface area contributed by atoms with Crippen molar-refractivity contribution in [1.29, 1.82) is 0 Å². The molecule has 1 heterocycles. The Balaban J connectivity index is 2.08. The first kappa shape index (κ1) is 14.4. The first-order valence-corrected chi connectivity index (χ1v) is 6.12. The van der Waals surface area contributed by atoms with Crippen molar-refractivity contribution in [2.24, 2.45) is 0 Å². The highest BCUT2D eigenvalue weighted by molar-refractivity contribution is 5.75. The maximum absolute atomic E-state index is 11.5. The van der Waals surface area contributed by atoms with Crippen molar-refractivity contribution in [2.45, 2.75) is 38.6 Å². The fourth-order valence-electron chi connectivity index (χ4n) is 1.74. The van der Waals surface area contributed by atoms with Crippen LogP contribution >= 0.6 is 0 Å². The van der Waals surface area contributed by atoms with Crippen LogP contribution < -0.4 is 5.32 Å². The minimum absolute atomic E-state index is 0.0252. The lowest BCUT2D eigenvalue weighted by atomic mass is 10.2. The molecular weight excluding hydrogens is 220 g/mol. The summed E-state index contributed by atoms with van der Waals surface area (Å²) in [7, 11) is 4.01. The Hall–Kier alpha value is -0.650. The minimum atomic E-state index is -0.514. The summed E-state index contributed by atoms with van der Waals surface area (Å²) in [4.78, 5) is 13.6. The fourth-order valence-corrected chi connectivity index (χ4v) is 1.74. The normalized spacial score (nSPS) is 23.0. The molecule has 1 amide bonds. The van der Waals surface area contributed by atoms with Gasteiger partial charge >= 0.3 is 0 Å². The van der Waals surface area contributed by atoms with E-state index in [-0.39, 0.29) is 12.0 Å². The largest absolute Gasteiger partial charge is 0.353 e. The zero-order valence-corrected chi connectivity index (χ0v) is 11.3. The minimum Gasteiger partial charge on any atom is -0.353 e. The number of amides is 1. The van der Waals surface area contributed by atoms with Crippen molar-refractivity contribution >= 4 is 5.91 Å². The number of hydrogen-bond donors (Lipinski definition) is 1. The lowest BCUT2D eigenvalue weighted by Crippen LogP contribution is -2.34. The number of rotatable bonds is 6. The summed E-state index contributed by atoms with van der Waals surface area (Å²) in [5, 5.41) is 2.87. The van der Waals surface area contributed by atoms with Crippen LogP contribution in [0.3, 0.4) is 0 Å². The Morgan fingerprint density at radius 2 is 2.18 bits per heavy atom. The van der Waals surface area contributed by atoms with Gasteiger partial charge in [0, 0.05) is 13.0 Å². The third-order valence-corrected chi connectivity index (χ3v) is 2.60. The van der Waals surface area contributed by atoms with Crippen molar-refractivity contribution in [2.75, 3.05) is 33.8 Å². The zero-order chi connectivity index (χ0) is 12.9. The topological polar surface area (TPSA) is 50.8 Å². The van der Waals surface area contributed by atoms with E-state index in [1.807, 2.05) is 27.9 Å². The predicted octanol–water partition coefficient (Wildman–Crippen LogP) is 0.596. The molecule has 0 aromatic rings. The highest BCUT2D eigenvalue weighted by atomic mass is 16.7. The Morgan fingerprint density at radius 3 is 2.71 bits per heavy atom. The van der Waals surface area contributed by atoms with Crippen molar-refractivity contribution < 1.29 is 14.3 Å². The number of ether oxygens (including phenoxy) is 2. The van der Waals surface area contributed by atoms with E-state index < -0.39 is 5.79 Å². The van der Waals surface area contributed by atoms with Crippen molar-refractivity contribution in [3.8, 4) is 0 Å². The van der Waals surface area contributed by atoms with Crippen LogP contribution in [-0.2, 0) is 14.3 Å². The van der Waals surface area contributed by atoms with Gasteiger partial charge < -0.3 is 19.7 Å². The second-order valence-electron chi connectivity index (χ2n) is 5.16. The third-order valence-electron chi connectivity index (χ3n) is 2.60. The number of nitrogens with zero attached hydrogens (tertiary/aromatic N) is 1. The summed E-state index contributed by atoms with van der Waals surface area (Å²) in [6.45, 7) is 5.77. The molecule has 1 fully saturated rings. The molecule has 0 aromatic heterocycles. The summed E-state index contributed by atoms with van der Waals surface area (Å²) >= 11 is 0. The van der Waals surface area contributed by atoms with Crippen LogP contribution in [0.25, 0.3) is 0 Å². The SMILES string of the molecule is CN(C)CCCC(=O)NC[C@H]1COC(C)(C)O1. The summed E-state index contributed by atoms with van der Waals surface area (Å²) in [5.74, 6) is -0.430. The number of nitrogens with one attached hydrogen (secondary N) is 1. The second-order valence-corrected chi connectivity index (χ2v) is 5.16. The molecule has 100 valence electrons. The van der Waals surface area contributed by atoms with Crippen LogP contribution in [0.1, 0.15) is 26.7 Å². The van der Waals surface area contributed by atoms with E-state index in [9.17, 15) is 4.79 Å². The van der Waals surface area contributed by atoms with Gasteiger partial charge in [0.1, 0.15) is 6.10 Å². The molecular formula is C12H24N2O3. The Bertz CT molecular complexity index is 254. The highest BCUT2D eigenvalue weighted by Crippen LogP contribution is 2.21. The van der Waals surface area contributed by atoms with Crippen molar-refractivity contribution in [3.63, 3.8) is 0 Å². The van der Waals surface area contributed by atoms with Gasteiger partial charge in [0.2, 0.25) is 5.91 Å². The van der Waals surface area contributed by atoms with Gasteiger partial charge in [-0.15, -0.1) is 0 Å². The number of carbonyl (C=O) groups is 1. The maximum Gasteiger partial charge on any atom is 0.220 e. The van der Waals surface area contributed by atoms with Gasteiger partial charge in [0.05, 0.1) is 6.61 Å². The molecule has 0 aliphatic carbocycles. The number of hydrogen-bond acceptors (Lipinski definition) is 4. The first-order valence-electron chi connectivity index (χ1n) is 6.12. The monoisotopic (exact) mass is 244 g/mol. The molecule has 0 aromatic carbocycles. The van der Waals surface area contributed by atoms with Gasteiger partial charge in [-0.1, -0.05) is 0 Å². The van der Waals surface area contributed by atoms with Crippen LogP contribution in [-0.4, -0.2) is 56.5 Å². The van der Waals surface area contributed by atoms with Crippen LogP contribution in [0.5, 0.6) is 0 Å². The zero-order valence-electron chi connectivity index (χ0n) is 11.3. The fraction of sp³-hybridized carbons (Fsp3) is 0.917. The molecule has 1 aliphatic heterocycles. The molecule has 0 unspecified atom stereocenters. The second kappa shape index (κ2) is 6.33. The predicted molar refractivity (Wildman–Crippen MR) is 65.7 cm³/mol. The molecule has 1 saturated heterocycles. The molecule has 1 atom stereocenters. The molecule has 5 nitrogen and oxygen atoms in total. The quantitative estimate of drug-likeness (QED) is 0.743. The molecule has 1 aliphatic rings. The van der Waals surface area contributed by atoms with Crippen LogP contribution in [0.15, 0.2) is 0 Å². The summed E-state index contributed by atoms with van der Waals surface area (Å²) in [6, 6.07) is 0. The molecule has 0 spiro atoms. The summed E-state index contributed by atoms with van der Waals surface area (Å²) in [5.41, 5.74) is 0. The molecule has 0 radical (unpaired) electrons. The van der Waals surface area contributed by atoms with Crippen molar-refractivity contribution in [1.82, 2.24) is 10.2 Å². The standard InChI is InChI=1S/C12H24N2O3/c1-12(2)16-9-10(17-12)8-13-11(15)6-5-7-14(3)4/h10H,5-9H2,1-4H3,(H,13,15)/t10-/m0/s1. The first-order chi connectivity index (χ1) is 7.89. The van der Waals surface area contributed by atoms with E-state index in [1.165, 1.54) is 0 Å². The van der Waals surface area contributed by atoms with Gasteiger partial charge in [-0.3, -0.25) is 4.79 Å². The smallest absolute Gasteiger partial charge is 0.220 e. The lowest BCUT2D eigenvalue weighted by Gasteiger charge is -2.17. The van der Waals surface area contributed by atoms with Crippen LogP contribution in [0, 0.1) is 0 Å².